The molecule has 0 aliphatic heterocycles. The van der Waals surface area contributed by atoms with Crippen molar-refractivity contribution in [1.82, 2.24) is 10.2 Å². The summed E-state index contributed by atoms with van der Waals surface area (Å²) in [5, 5.41) is 7.95. The van der Waals surface area contributed by atoms with Crippen LogP contribution in [0.5, 0.6) is 5.75 Å². The topological polar surface area (TPSA) is 68.5 Å². The molecule has 0 radical (unpaired) electrons. The van der Waals surface area contributed by atoms with Crippen LogP contribution < -0.4 is 9.64 Å². The van der Waals surface area contributed by atoms with Gasteiger partial charge in [0, 0.05) is 18.5 Å². The minimum Gasteiger partial charge on any atom is -0.496 e. The fourth-order valence-corrected chi connectivity index (χ4v) is 2.90. The molecular formula is C21H22FN3O3. The summed E-state index contributed by atoms with van der Waals surface area (Å²) in [6, 6.07) is 13.6. The van der Waals surface area contributed by atoms with Crippen molar-refractivity contribution < 1.29 is 18.3 Å². The average Bonchev–Trinajstić information content (AvgIpc) is 3.20. The lowest BCUT2D eigenvalue weighted by molar-refractivity contribution is -0.118. The highest BCUT2D eigenvalue weighted by Crippen LogP contribution is 2.24. The number of carbonyl (C=O) groups is 1. The maximum Gasteiger partial charge on any atom is 0.325 e. The summed E-state index contributed by atoms with van der Waals surface area (Å²) in [5.41, 5.74) is 1.43. The molecule has 0 spiro atoms. The van der Waals surface area contributed by atoms with E-state index >= 15 is 0 Å². The molecule has 0 N–H and O–H groups in total. The first-order valence-corrected chi connectivity index (χ1v) is 9.14. The molecule has 3 rings (SSSR count). The molecule has 0 unspecified atom stereocenters. The number of hydrogen-bond donors (Lipinski definition) is 0. The fourth-order valence-electron chi connectivity index (χ4n) is 2.90. The Labute approximate surface area is 163 Å². The number of rotatable bonds is 8. The molecule has 0 saturated carbocycles. The number of carbonyl (C=O) groups excluding carboxylic acids is 1. The monoisotopic (exact) mass is 383 g/mol. The molecule has 0 fully saturated rings. The lowest BCUT2D eigenvalue weighted by Crippen LogP contribution is -2.32. The molecule has 0 aliphatic rings. The summed E-state index contributed by atoms with van der Waals surface area (Å²) in [6.07, 6.45) is 1.55. The Morgan fingerprint density at radius 2 is 2.00 bits per heavy atom. The predicted octanol–water partition coefficient (Wildman–Crippen LogP) is 4.26. The quantitative estimate of drug-likeness (QED) is 0.581. The number of benzene rings is 2. The molecule has 0 saturated heterocycles. The second-order valence-corrected chi connectivity index (χ2v) is 6.26. The van der Waals surface area contributed by atoms with E-state index in [4.69, 9.17) is 9.15 Å². The van der Waals surface area contributed by atoms with Gasteiger partial charge < -0.3 is 9.15 Å². The van der Waals surface area contributed by atoms with E-state index in [1.807, 2.05) is 31.2 Å². The van der Waals surface area contributed by atoms with Crippen LogP contribution in [0.15, 0.2) is 52.9 Å². The number of nitrogens with zero attached hydrogens (tertiary/aromatic N) is 3. The maximum atomic E-state index is 13.4. The molecule has 2 aromatic carbocycles. The van der Waals surface area contributed by atoms with E-state index in [0.717, 1.165) is 17.7 Å². The van der Waals surface area contributed by atoms with Gasteiger partial charge >= 0.3 is 6.01 Å². The van der Waals surface area contributed by atoms with Crippen LogP contribution in [0.1, 0.15) is 25.3 Å². The number of ether oxygens (including phenoxy) is 1. The highest BCUT2D eigenvalue weighted by molar-refractivity contribution is 5.91. The van der Waals surface area contributed by atoms with Gasteiger partial charge in [-0.05, 0) is 42.7 Å². The third kappa shape index (κ3) is 4.54. The van der Waals surface area contributed by atoms with Crippen LogP contribution in [0, 0.1) is 5.82 Å². The number of hydrogen-bond acceptors (Lipinski definition) is 5. The third-order valence-corrected chi connectivity index (χ3v) is 4.27. The van der Waals surface area contributed by atoms with Crippen molar-refractivity contribution in [2.24, 2.45) is 0 Å². The van der Waals surface area contributed by atoms with Gasteiger partial charge in [-0.2, -0.15) is 0 Å². The summed E-state index contributed by atoms with van der Waals surface area (Å²) in [6.45, 7) is 2.42. The van der Waals surface area contributed by atoms with Crippen LogP contribution in [0.3, 0.4) is 0 Å². The highest BCUT2D eigenvalue weighted by atomic mass is 19.1. The minimum absolute atomic E-state index is 0.117. The SMILES string of the molecule is CCCN(C(=O)CCc1ccccc1OC)c1nnc(-c2cccc(F)c2)o1. The smallest absolute Gasteiger partial charge is 0.325 e. The summed E-state index contributed by atoms with van der Waals surface area (Å²) in [5.74, 6) is 0.411. The van der Waals surface area contributed by atoms with Crippen molar-refractivity contribution in [2.45, 2.75) is 26.2 Å². The van der Waals surface area contributed by atoms with Gasteiger partial charge in [0.1, 0.15) is 11.6 Å². The van der Waals surface area contributed by atoms with E-state index in [2.05, 4.69) is 10.2 Å². The Balaban J connectivity index is 1.75. The Morgan fingerprint density at radius 3 is 2.75 bits per heavy atom. The van der Waals surface area contributed by atoms with Crippen LogP contribution in [0.2, 0.25) is 0 Å². The lowest BCUT2D eigenvalue weighted by Gasteiger charge is -2.17. The molecule has 6 nitrogen and oxygen atoms in total. The molecule has 3 aromatic rings. The molecule has 0 bridgehead atoms. The van der Waals surface area contributed by atoms with Gasteiger partial charge in [0.05, 0.1) is 7.11 Å². The van der Waals surface area contributed by atoms with Crippen LogP contribution in [0.25, 0.3) is 11.5 Å². The first-order chi connectivity index (χ1) is 13.6. The maximum absolute atomic E-state index is 13.4. The Hall–Kier alpha value is -3.22. The molecule has 1 aromatic heterocycles. The first-order valence-electron chi connectivity index (χ1n) is 9.14. The number of anilines is 1. The molecular weight excluding hydrogens is 361 g/mol. The summed E-state index contributed by atoms with van der Waals surface area (Å²) in [4.78, 5) is 14.3. The molecule has 28 heavy (non-hydrogen) atoms. The number of halogens is 1. The zero-order chi connectivity index (χ0) is 19.9. The number of amides is 1. The van der Waals surface area contributed by atoms with E-state index in [1.54, 1.807) is 19.2 Å². The molecule has 1 heterocycles. The predicted molar refractivity (Wildman–Crippen MR) is 104 cm³/mol. The van der Waals surface area contributed by atoms with Crippen LogP contribution in [-0.2, 0) is 11.2 Å². The standard InChI is InChI=1S/C21H22FN3O3/c1-3-13-25(19(26)12-11-15-7-4-5-10-18(15)27-2)21-24-23-20(28-21)16-8-6-9-17(22)14-16/h4-10,14H,3,11-13H2,1-2H3. The van der Waals surface area contributed by atoms with Crippen LogP contribution in [-0.4, -0.2) is 29.8 Å². The molecule has 0 aliphatic carbocycles. The van der Waals surface area contributed by atoms with Gasteiger partial charge in [0.15, 0.2) is 0 Å². The first kappa shape index (κ1) is 19.5. The summed E-state index contributed by atoms with van der Waals surface area (Å²) < 4.78 is 24.4. The number of aromatic nitrogens is 2. The molecule has 0 atom stereocenters. The van der Waals surface area contributed by atoms with Crippen molar-refractivity contribution >= 4 is 11.9 Å². The van der Waals surface area contributed by atoms with Gasteiger partial charge in [0.2, 0.25) is 11.8 Å². The van der Waals surface area contributed by atoms with Gasteiger partial charge in [-0.3, -0.25) is 9.69 Å². The van der Waals surface area contributed by atoms with Crippen LogP contribution in [0.4, 0.5) is 10.4 Å². The molecule has 1 amide bonds. The van der Waals surface area contributed by atoms with E-state index < -0.39 is 5.82 Å². The van der Waals surface area contributed by atoms with Gasteiger partial charge in [-0.15, -0.1) is 5.10 Å². The Morgan fingerprint density at radius 1 is 1.18 bits per heavy atom. The summed E-state index contributed by atoms with van der Waals surface area (Å²) >= 11 is 0. The van der Waals surface area contributed by atoms with Crippen molar-refractivity contribution in [3.63, 3.8) is 0 Å². The number of methoxy groups -OCH3 is 1. The number of para-hydroxylation sites is 1. The third-order valence-electron chi connectivity index (χ3n) is 4.27. The second kappa shape index (κ2) is 9.12. The van der Waals surface area contributed by atoms with Crippen LogP contribution >= 0.6 is 0 Å². The van der Waals surface area contributed by atoms with Gasteiger partial charge in [-0.1, -0.05) is 36.3 Å². The van der Waals surface area contributed by atoms with Gasteiger partial charge in [-0.25, -0.2) is 4.39 Å². The second-order valence-electron chi connectivity index (χ2n) is 6.26. The van der Waals surface area contributed by atoms with Crippen molar-refractivity contribution in [3.05, 3.63) is 59.9 Å². The lowest BCUT2D eigenvalue weighted by atomic mass is 10.1. The molecule has 146 valence electrons. The fraction of sp³-hybridized carbons (Fsp3) is 0.286. The van der Waals surface area contributed by atoms with Crippen molar-refractivity contribution in [2.75, 3.05) is 18.6 Å². The van der Waals surface area contributed by atoms with E-state index in [-0.39, 0.29) is 24.2 Å². The van der Waals surface area contributed by atoms with Gasteiger partial charge in [0.25, 0.3) is 0 Å². The zero-order valence-corrected chi connectivity index (χ0v) is 15.9. The Bertz CT molecular complexity index is 942. The molecule has 7 heteroatoms. The van der Waals surface area contributed by atoms with Crippen molar-refractivity contribution in [1.29, 1.82) is 0 Å². The van der Waals surface area contributed by atoms with E-state index in [0.29, 0.717) is 18.5 Å². The van der Waals surface area contributed by atoms with E-state index in [1.165, 1.54) is 17.0 Å². The highest BCUT2D eigenvalue weighted by Gasteiger charge is 2.22. The average molecular weight is 383 g/mol. The zero-order valence-electron chi connectivity index (χ0n) is 15.9. The Kier molecular flexibility index (Phi) is 6.37. The van der Waals surface area contributed by atoms with Crippen molar-refractivity contribution in [3.8, 4) is 17.2 Å². The summed E-state index contributed by atoms with van der Waals surface area (Å²) in [7, 11) is 1.61. The normalized spacial score (nSPS) is 10.7. The largest absolute Gasteiger partial charge is 0.496 e. The van der Waals surface area contributed by atoms with E-state index in [9.17, 15) is 9.18 Å². The number of aryl methyl sites for hydroxylation is 1. The minimum atomic E-state index is -0.393.